The first-order valence-electron chi connectivity index (χ1n) is 4.88. The number of ketones is 1. The lowest BCUT2D eigenvalue weighted by Gasteiger charge is -2.00. The molecule has 0 spiro atoms. The molecule has 0 aliphatic rings. The maximum absolute atomic E-state index is 11.6. The second kappa shape index (κ2) is 6.31. The molecule has 1 rings (SSSR count). The van der Waals surface area contributed by atoms with E-state index in [-0.39, 0.29) is 5.78 Å². The van der Waals surface area contributed by atoms with E-state index < -0.39 is 0 Å². The van der Waals surface area contributed by atoms with Crippen molar-refractivity contribution in [2.75, 3.05) is 6.26 Å². The number of thioether (sulfide) groups is 1. The van der Waals surface area contributed by atoms with Gasteiger partial charge in [-0.3, -0.25) is 4.79 Å². The fourth-order valence-corrected chi connectivity index (χ4v) is 1.68. The number of hydrogen-bond acceptors (Lipinski definition) is 2. The normalized spacial score (nSPS) is 9.60. The lowest BCUT2D eigenvalue weighted by Crippen LogP contribution is -1.98. The average Bonchev–Trinajstić information content (AvgIpc) is 2.29. The van der Waals surface area contributed by atoms with E-state index in [0.29, 0.717) is 12.8 Å². The van der Waals surface area contributed by atoms with E-state index in [4.69, 9.17) is 6.42 Å². The van der Waals surface area contributed by atoms with Crippen molar-refractivity contribution in [2.45, 2.75) is 24.2 Å². The predicted octanol–water partition coefficient (Wildman–Crippen LogP) is 3.39. The van der Waals surface area contributed by atoms with Gasteiger partial charge in [0.15, 0.2) is 5.78 Å². The summed E-state index contributed by atoms with van der Waals surface area (Å²) in [5.41, 5.74) is 0.782. The van der Waals surface area contributed by atoms with Crippen molar-refractivity contribution in [3.63, 3.8) is 0 Å². The maximum Gasteiger partial charge on any atom is 0.162 e. The van der Waals surface area contributed by atoms with Gasteiger partial charge in [-0.25, -0.2) is 0 Å². The SMILES string of the molecule is C#CCCCC(=O)c1ccc(SC)cc1. The third kappa shape index (κ3) is 3.81. The first-order valence-corrected chi connectivity index (χ1v) is 6.11. The molecule has 0 N–H and O–H groups in total. The number of terminal acetylenes is 1. The largest absolute Gasteiger partial charge is 0.294 e. The molecule has 0 atom stereocenters. The summed E-state index contributed by atoms with van der Waals surface area (Å²) in [6.45, 7) is 0. The number of rotatable bonds is 5. The van der Waals surface area contributed by atoms with E-state index in [2.05, 4.69) is 5.92 Å². The molecule has 2 heteroatoms. The van der Waals surface area contributed by atoms with Gasteiger partial charge in [0.05, 0.1) is 0 Å². The molecule has 0 bridgehead atoms. The minimum Gasteiger partial charge on any atom is -0.294 e. The second-order valence-corrected chi connectivity index (χ2v) is 4.09. The van der Waals surface area contributed by atoms with Crippen LogP contribution < -0.4 is 0 Å². The van der Waals surface area contributed by atoms with Gasteiger partial charge in [0.2, 0.25) is 0 Å². The van der Waals surface area contributed by atoms with Crippen LogP contribution in [0, 0.1) is 12.3 Å². The number of Topliss-reactive ketones (excluding diaryl/α,β-unsaturated/α-hetero) is 1. The molecular formula is C13H14OS. The highest BCUT2D eigenvalue weighted by molar-refractivity contribution is 7.98. The molecule has 78 valence electrons. The van der Waals surface area contributed by atoms with Gasteiger partial charge in [-0.2, -0.15) is 0 Å². The molecular weight excluding hydrogens is 204 g/mol. The molecule has 0 fully saturated rings. The zero-order valence-corrected chi connectivity index (χ0v) is 9.64. The number of unbranched alkanes of at least 4 members (excludes halogenated alkanes) is 1. The van der Waals surface area contributed by atoms with Gasteiger partial charge in [-0.15, -0.1) is 24.1 Å². The van der Waals surface area contributed by atoms with Gasteiger partial charge in [0, 0.05) is 23.3 Å². The van der Waals surface area contributed by atoms with Crippen molar-refractivity contribution in [1.29, 1.82) is 0 Å². The molecule has 1 nitrogen and oxygen atoms in total. The highest BCUT2D eigenvalue weighted by atomic mass is 32.2. The molecule has 1 aromatic carbocycles. The second-order valence-electron chi connectivity index (χ2n) is 3.21. The van der Waals surface area contributed by atoms with Crippen molar-refractivity contribution in [1.82, 2.24) is 0 Å². The van der Waals surface area contributed by atoms with E-state index in [1.807, 2.05) is 30.5 Å². The van der Waals surface area contributed by atoms with Crippen LogP contribution in [0.3, 0.4) is 0 Å². The van der Waals surface area contributed by atoms with E-state index in [1.165, 1.54) is 4.90 Å². The van der Waals surface area contributed by atoms with Crippen LogP contribution in [0.1, 0.15) is 29.6 Å². The van der Waals surface area contributed by atoms with Crippen LogP contribution in [0.25, 0.3) is 0 Å². The van der Waals surface area contributed by atoms with E-state index >= 15 is 0 Å². The first-order chi connectivity index (χ1) is 7.27. The van der Waals surface area contributed by atoms with Crippen molar-refractivity contribution in [2.24, 2.45) is 0 Å². The van der Waals surface area contributed by atoms with Crippen LogP contribution in [0.4, 0.5) is 0 Å². The Balaban J connectivity index is 2.55. The molecule has 15 heavy (non-hydrogen) atoms. The number of carbonyl (C=O) groups excluding carboxylic acids is 1. The lowest BCUT2D eigenvalue weighted by molar-refractivity contribution is 0.0980. The van der Waals surface area contributed by atoms with Crippen molar-refractivity contribution in [3.05, 3.63) is 29.8 Å². The van der Waals surface area contributed by atoms with Crippen molar-refractivity contribution >= 4 is 17.5 Å². The number of carbonyl (C=O) groups is 1. The zero-order chi connectivity index (χ0) is 11.1. The van der Waals surface area contributed by atoms with Gasteiger partial charge >= 0.3 is 0 Å². The summed E-state index contributed by atoms with van der Waals surface area (Å²) in [6.07, 6.45) is 9.14. The molecule has 0 aliphatic carbocycles. The predicted molar refractivity (Wildman–Crippen MR) is 65.2 cm³/mol. The molecule has 0 saturated carbocycles. The summed E-state index contributed by atoms with van der Waals surface area (Å²) < 4.78 is 0. The molecule has 1 aromatic rings. The molecule has 0 aliphatic heterocycles. The van der Waals surface area contributed by atoms with Crippen molar-refractivity contribution in [3.8, 4) is 12.3 Å². The zero-order valence-electron chi connectivity index (χ0n) is 8.82. The topological polar surface area (TPSA) is 17.1 Å². The van der Waals surface area contributed by atoms with Crippen LogP contribution in [0.2, 0.25) is 0 Å². The Morgan fingerprint density at radius 2 is 2.07 bits per heavy atom. The van der Waals surface area contributed by atoms with Crippen LogP contribution in [-0.2, 0) is 0 Å². The summed E-state index contributed by atoms with van der Waals surface area (Å²) in [5, 5.41) is 0. The highest BCUT2D eigenvalue weighted by Crippen LogP contribution is 2.16. The molecule has 0 aromatic heterocycles. The Morgan fingerprint density at radius 1 is 1.40 bits per heavy atom. The van der Waals surface area contributed by atoms with Gasteiger partial charge in [-0.1, -0.05) is 12.1 Å². The standard InChI is InChI=1S/C13H14OS/c1-3-4-5-6-13(14)11-7-9-12(15-2)10-8-11/h1,7-10H,4-6H2,2H3. The fourth-order valence-electron chi connectivity index (χ4n) is 1.27. The first kappa shape index (κ1) is 11.9. The Morgan fingerprint density at radius 3 is 2.60 bits per heavy atom. The van der Waals surface area contributed by atoms with Gasteiger partial charge in [0.25, 0.3) is 0 Å². The quantitative estimate of drug-likeness (QED) is 0.326. The summed E-state index contributed by atoms with van der Waals surface area (Å²) in [4.78, 5) is 12.8. The Kier molecular flexibility index (Phi) is 5.00. The van der Waals surface area contributed by atoms with E-state index in [0.717, 1.165) is 12.0 Å². The van der Waals surface area contributed by atoms with E-state index in [1.54, 1.807) is 11.8 Å². The molecule has 0 radical (unpaired) electrons. The third-order valence-corrected chi connectivity index (χ3v) is 2.88. The number of benzene rings is 1. The Bertz CT molecular complexity index is 359. The summed E-state index contributed by atoms with van der Waals surface area (Å²) >= 11 is 1.67. The van der Waals surface area contributed by atoms with Gasteiger partial charge < -0.3 is 0 Å². The van der Waals surface area contributed by atoms with Crippen LogP contribution >= 0.6 is 11.8 Å². The number of hydrogen-bond donors (Lipinski definition) is 0. The van der Waals surface area contributed by atoms with Crippen LogP contribution in [0.15, 0.2) is 29.2 Å². The molecule has 0 heterocycles. The molecule has 0 saturated heterocycles. The maximum atomic E-state index is 11.6. The minimum absolute atomic E-state index is 0.179. The van der Waals surface area contributed by atoms with Gasteiger partial charge in [-0.05, 0) is 24.8 Å². The fraction of sp³-hybridized carbons (Fsp3) is 0.308. The lowest BCUT2D eigenvalue weighted by atomic mass is 10.1. The summed E-state index contributed by atoms with van der Waals surface area (Å²) in [5.74, 6) is 2.72. The summed E-state index contributed by atoms with van der Waals surface area (Å²) in [7, 11) is 0. The van der Waals surface area contributed by atoms with Crippen LogP contribution in [0.5, 0.6) is 0 Å². The molecule has 0 amide bonds. The average molecular weight is 218 g/mol. The third-order valence-electron chi connectivity index (χ3n) is 2.14. The smallest absolute Gasteiger partial charge is 0.162 e. The Hall–Kier alpha value is -1.20. The molecule has 0 unspecified atom stereocenters. The highest BCUT2D eigenvalue weighted by Gasteiger charge is 2.04. The van der Waals surface area contributed by atoms with Crippen molar-refractivity contribution < 1.29 is 4.79 Å². The van der Waals surface area contributed by atoms with Crippen LogP contribution in [-0.4, -0.2) is 12.0 Å². The van der Waals surface area contributed by atoms with Gasteiger partial charge in [0.1, 0.15) is 0 Å². The summed E-state index contributed by atoms with van der Waals surface area (Å²) in [6, 6.07) is 7.70. The van der Waals surface area contributed by atoms with E-state index in [9.17, 15) is 4.79 Å². The minimum atomic E-state index is 0.179. The monoisotopic (exact) mass is 218 g/mol. The Labute approximate surface area is 95.3 Å².